The third-order valence-corrected chi connectivity index (χ3v) is 7.37. The van der Waals surface area contributed by atoms with Crippen molar-refractivity contribution < 1.29 is 13.6 Å². The number of para-hydroxylation sites is 1. The van der Waals surface area contributed by atoms with Gasteiger partial charge in [0, 0.05) is 33.4 Å². The fourth-order valence-electron chi connectivity index (χ4n) is 5.39. The first-order valence-electron chi connectivity index (χ1n) is 11.8. The minimum absolute atomic E-state index is 0.0163. The first-order valence-corrected chi connectivity index (χ1v) is 11.8. The highest BCUT2D eigenvalue weighted by atomic mass is 16.4. The molecule has 0 saturated heterocycles. The van der Waals surface area contributed by atoms with E-state index in [1.165, 1.54) is 10.9 Å². The van der Waals surface area contributed by atoms with Crippen molar-refractivity contribution in [3.8, 4) is 0 Å². The van der Waals surface area contributed by atoms with Crippen molar-refractivity contribution in [1.82, 2.24) is 10.3 Å². The molecule has 2 aromatic carbocycles. The van der Waals surface area contributed by atoms with Crippen LogP contribution in [0.4, 0.5) is 0 Å². The summed E-state index contributed by atoms with van der Waals surface area (Å²) in [5, 5.41) is 6.20. The first-order chi connectivity index (χ1) is 16.4. The van der Waals surface area contributed by atoms with Gasteiger partial charge in [-0.05, 0) is 68.9 Å². The van der Waals surface area contributed by atoms with Crippen molar-refractivity contribution in [2.45, 2.75) is 52.5 Å². The Hall–Kier alpha value is -3.80. The third kappa shape index (κ3) is 3.16. The number of H-pyrrole nitrogens is 1. The van der Waals surface area contributed by atoms with Gasteiger partial charge in [-0.1, -0.05) is 18.2 Å². The topological polar surface area (TPSA) is 88.2 Å². The van der Waals surface area contributed by atoms with Crippen molar-refractivity contribution in [2.24, 2.45) is 0 Å². The molecule has 5 aromatic rings. The lowest BCUT2D eigenvalue weighted by molar-refractivity contribution is -0.121. The second kappa shape index (κ2) is 7.62. The van der Waals surface area contributed by atoms with Crippen molar-refractivity contribution in [1.29, 1.82) is 0 Å². The van der Waals surface area contributed by atoms with Gasteiger partial charge in [-0.2, -0.15) is 0 Å². The zero-order valence-electron chi connectivity index (χ0n) is 19.5. The van der Waals surface area contributed by atoms with Gasteiger partial charge in [-0.3, -0.25) is 4.79 Å². The molecule has 1 aliphatic carbocycles. The Morgan fingerprint density at radius 2 is 1.79 bits per heavy atom. The van der Waals surface area contributed by atoms with Crippen LogP contribution in [-0.2, 0) is 17.6 Å². The summed E-state index contributed by atoms with van der Waals surface area (Å²) in [6, 6.07) is 11.9. The highest BCUT2D eigenvalue weighted by Crippen LogP contribution is 2.35. The van der Waals surface area contributed by atoms with Gasteiger partial charge in [0.15, 0.2) is 0 Å². The molecule has 0 fully saturated rings. The second-order valence-corrected chi connectivity index (χ2v) is 9.37. The molecule has 0 spiro atoms. The van der Waals surface area contributed by atoms with E-state index in [9.17, 15) is 9.59 Å². The van der Waals surface area contributed by atoms with Crippen molar-refractivity contribution in [3.05, 3.63) is 80.5 Å². The van der Waals surface area contributed by atoms with Crippen molar-refractivity contribution >= 4 is 38.7 Å². The summed E-state index contributed by atoms with van der Waals surface area (Å²) in [6.07, 6.45) is 2.86. The highest BCUT2D eigenvalue weighted by Gasteiger charge is 2.26. The molecule has 6 nitrogen and oxygen atoms in total. The SMILES string of the molecule is Cc1oc2cc3oc(=O)c(CC(=O)N[C@@H]4CCCc5c4[nH]c4ccccc54)c(C)c3cc2c1C. The van der Waals surface area contributed by atoms with E-state index in [1.807, 2.05) is 39.0 Å². The van der Waals surface area contributed by atoms with E-state index in [4.69, 9.17) is 8.83 Å². The van der Waals surface area contributed by atoms with Gasteiger partial charge in [-0.25, -0.2) is 4.79 Å². The molecule has 34 heavy (non-hydrogen) atoms. The summed E-state index contributed by atoms with van der Waals surface area (Å²) in [5.41, 5.74) is 6.38. The van der Waals surface area contributed by atoms with Gasteiger partial charge in [0.05, 0.1) is 18.0 Å². The second-order valence-electron chi connectivity index (χ2n) is 9.37. The number of hydrogen-bond acceptors (Lipinski definition) is 4. The summed E-state index contributed by atoms with van der Waals surface area (Å²) in [5.74, 6) is 0.663. The Bertz CT molecular complexity index is 1670. The number of carbonyl (C=O) groups excluding carboxylic acids is 1. The molecule has 0 saturated carbocycles. The van der Waals surface area contributed by atoms with E-state index in [1.54, 1.807) is 6.07 Å². The molecule has 0 bridgehead atoms. The summed E-state index contributed by atoms with van der Waals surface area (Å²) in [4.78, 5) is 29.4. The zero-order chi connectivity index (χ0) is 23.6. The number of nitrogens with one attached hydrogen (secondary N) is 2. The maximum absolute atomic E-state index is 13.1. The van der Waals surface area contributed by atoms with Crippen LogP contribution in [0.2, 0.25) is 0 Å². The number of aryl methyl sites for hydroxylation is 4. The number of furan rings is 1. The quantitative estimate of drug-likeness (QED) is 0.343. The molecular weight excluding hydrogens is 428 g/mol. The van der Waals surface area contributed by atoms with E-state index in [-0.39, 0.29) is 18.4 Å². The summed E-state index contributed by atoms with van der Waals surface area (Å²) in [7, 11) is 0. The number of benzene rings is 2. The monoisotopic (exact) mass is 454 g/mol. The molecule has 0 radical (unpaired) electrons. The standard InChI is InChI=1S/C28H26N2O4/c1-14-16(3)33-24-13-25-20(11-19(14)24)15(2)21(28(32)34-25)12-26(31)29-23-10-6-8-18-17-7-4-5-9-22(17)30-27(18)23/h4-5,7,9,11,13,23,30H,6,8,10,12H2,1-3H3,(H,29,31)/t23-/m1/s1. The van der Waals surface area contributed by atoms with Gasteiger partial charge in [0.2, 0.25) is 5.91 Å². The molecule has 1 amide bonds. The summed E-state index contributed by atoms with van der Waals surface area (Å²) in [6.45, 7) is 5.81. The van der Waals surface area contributed by atoms with Crippen LogP contribution in [0.15, 0.2) is 50.0 Å². The lowest BCUT2D eigenvalue weighted by atomic mass is 9.91. The first kappa shape index (κ1) is 20.8. The molecule has 3 aromatic heterocycles. The van der Waals surface area contributed by atoms with E-state index in [0.717, 1.165) is 58.1 Å². The molecule has 1 aliphatic rings. The molecular formula is C28H26N2O4. The van der Waals surface area contributed by atoms with Gasteiger partial charge in [0.1, 0.15) is 16.9 Å². The Morgan fingerprint density at radius 1 is 1.03 bits per heavy atom. The molecule has 0 unspecified atom stereocenters. The van der Waals surface area contributed by atoms with Crippen LogP contribution in [0.25, 0.3) is 32.8 Å². The Balaban J connectivity index is 1.33. The van der Waals surface area contributed by atoms with E-state index >= 15 is 0 Å². The molecule has 172 valence electrons. The average Bonchev–Trinajstić information content (AvgIpc) is 3.33. The number of fused-ring (bicyclic) bond motifs is 5. The average molecular weight is 455 g/mol. The van der Waals surface area contributed by atoms with Crippen LogP contribution in [0, 0.1) is 20.8 Å². The fourth-order valence-corrected chi connectivity index (χ4v) is 5.39. The number of amides is 1. The smallest absolute Gasteiger partial charge is 0.340 e. The van der Waals surface area contributed by atoms with E-state index < -0.39 is 5.63 Å². The van der Waals surface area contributed by atoms with Crippen molar-refractivity contribution in [2.75, 3.05) is 0 Å². The predicted molar refractivity (Wildman–Crippen MR) is 132 cm³/mol. The third-order valence-electron chi connectivity index (χ3n) is 7.37. The van der Waals surface area contributed by atoms with Gasteiger partial charge in [0.25, 0.3) is 0 Å². The Kier molecular flexibility index (Phi) is 4.66. The molecule has 6 heteroatoms. The predicted octanol–water partition coefficient (Wildman–Crippen LogP) is 5.68. The number of rotatable bonds is 3. The Morgan fingerprint density at radius 3 is 2.65 bits per heavy atom. The zero-order valence-corrected chi connectivity index (χ0v) is 19.5. The van der Waals surface area contributed by atoms with Gasteiger partial charge >= 0.3 is 5.63 Å². The fraction of sp³-hybridized carbons (Fsp3) is 0.286. The van der Waals surface area contributed by atoms with Crippen LogP contribution in [0.3, 0.4) is 0 Å². The minimum atomic E-state index is -0.477. The van der Waals surface area contributed by atoms with Crippen LogP contribution < -0.4 is 10.9 Å². The van der Waals surface area contributed by atoms with Crippen LogP contribution >= 0.6 is 0 Å². The van der Waals surface area contributed by atoms with E-state index in [2.05, 4.69) is 22.4 Å². The van der Waals surface area contributed by atoms with E-state index in [0.29, 0.717) is 16.7 Å². The van der Waals surface area contributed by atoms with Gasteiger partial charge in [-0.15, -0.1) is 0 Å². The summed E-state index contributed by atoms with van der Waals surface area (Å²) < 4.78 is 11.4. The number of hydrogen-bond donors (Lipinski definition) is 2. The van der Waals surface area contributed by atoms with Crippen LogP contribution in [0.5, 0.6) is 0 Å². The van der Waals surface area contributed by atoms with Gasteiger partial charge < -0.3 is 19.1 Å². The maximum Gasteiger partial charge on any atom is 0.340 e. The number of aromatic nitrogens is 1. The molecule has 0 aliphatic heterocycles. The molecule has 3 heterocycles. The van der Waals surface area contributed by atoms with Crippen LogP contribution in [-0.4, -0.2) is 10.9 Å². The summed E-state index contributed by atoms with van der Waals surface area (Å²) >= 11 is 0. The molecule has 2 N–H and O–H groups in total. The Labute approximate surface area is 195 Å². The molecule has 1 atom stereocenters. The molecule has 6 rings (SSSR count). The lowest BCUT2D eigenvalue weighted by Crippen LogP contribution is -2.33. The largest absolute Gasteiger partial charge is 0.461 e. The minimum Gasteiger partial charge on any atom is -0.461 e. The maximum atomic E-state index is 13.1. The normalized spacial score (nSPS) is 15.8. The number of carbonyl (C=O) groups is 1. The van der Waals surface area contributed by atoms with Crippen LogP contribution in [0.1, 0.15) is 52.6 Å². The highest BCUT2D eigenvalue weighted by molar-refractivity contribution is 5.97. The number of aromatic amines is 1. The lowest BCUT2D eigenvalue weighted by Gasteiger charge is -2.24. The van der Waals surface area contributed by atoms with Crippen molar-refractivity contribution in [3.63, 3.8) is 0 Å².